The average Bonchev–Trinajstić information content (AvgIpc) is 2.68. The monoisotopic (exact) mass is 350 g/mol. The number of ether oxygens (including phenoxy) is 1. The van der Waals surface area contributed by atoms with Crippen molar-refractivity contribution < 1.29 is 9.53 Å². The highest BCUT2D eigenvalue weighted by molar-refractivity contribution is 5.91. The SMILES string of the molecule is CCCCc1ccc(C(=O)Oc2ccc(C3(C)CCCCC3)cc2)cc1. The van der Waals surface area contributed by atoms with Crippen molar-refractivity contribution in [3.05, 3.63) is 65.2 Å². The van der Waals surface area contributed by atoms with Gasteiger partial charge >= 0.3 is 5.97 Å². The molecule has 0 radical (unpaired) electrons. The molecule has 2 aromatic carbocycles. The van der Waals surface area contributed by atoms with Crippen LogP contribution in [0.1, 0.15) is 80.3 Å². The molecule has 0 saturated heterocycles. The van der Waals surface area contributed by atoms with Crippen LogP contribution in [0.5, 0.6) is 5.75 Å². The van der Waals surface area contributed by atoms with E-state index in [2.05, 4.69) is 26.0 Å². The molecule has 1 saturated carbocycles. The van der Waals surface area contributed by atoms with Gasteiger partial charge in [0.25, 0.3) is 0 Å². The molecular weight excluding hydrogens is 320 g/mol. The number of esters is 1. The molecule has 3 rings (SSSR count). The molecular formula is C24H30O2. The standard InChI is InChI=1S/C24H30O2/c1-3-4-8-19-9-11-20(12-10-19)23(25)26-22-15-13-21(14-16-22)24(2)17-6-5-7-18-24/h9-16H,3-8,17-18H2,1-2H3. The van der Waals surface area contributed by atoms with E-state index in [1.807, 2.05) is 36.4 Å². The quantitative estimate of drug-likeness (QED) is 0.441. The number of carbonyl (C=O) groups is 1. The summed E-state index contributed by atoms with van der Waals surface area (Å²) in [4.78, 5) is 12.4. The highest BCUT2D eigenvalue weighted by atomic mass is 16.5. The second kappa shape index (κ2) is 8.53. The Morgan fingerprint density at radius 2 is 1.62 bits per heavy atom. The summed E-state index contributed by atoms with van der Waals surface area (Å²) in [5.41, 5.74) is 3.51. The average molecular weight is 351 g/mol. The zero-order valence-electron chi connectivity index (χ0n) is 16.1. The third-order valence-electron chi connectivity index (χ3n) is 5.73. The van der Waals surface area contributed by atoms with E-state index in [4.69, 9.17) is 4.74 Å². The fourth-order valence-corrected chi connectivity index (χ4v) is 3.90. The maximum Gasteiger partial charge on any atom is 0.343 e. The molecule has 26 heavy (non-hydrogen) atoms. The van der Waals surface area contributed by atoms with Crippen molar-refractivity contribution in [1.82, 2.24) is 0 Å². The number of benzene rings is 2. The maximum atomic E-state index is 12.4. The highest BCUT2D eigenvalue weighted by Gasteiger charge is 2.28. The first-order valence-electron chi connectivity index (χ1n) is 10.0. The smallest absolute Gasteiger partial charge is 0.343 e. The van der Waals surface area contributed by atoms with Gasteiger partial charge in [-0.15, -0.1) is 0 Å². The number of rotatable bonds is 6. The predicted octanol–water partition coefficient (Wildman–Crippen LogP) is 6.47. The van der Waals surface area contributed by atoms with Crippen LogP contribution in [-0.2, 0) is 11.8 Å². The number of hydrogen-bond donors (Lipinski definition) is 0. The van der Waals surface area contributed by atoms with Gasteiger partial charge in [0.1, 0.15) is 5.75 Å². The van der Waals surface area contributed by atoms with Crippen LogP contribution < -0.4 is 4.74 Å². The summed E-state index contributed by atoms with van der Waals surface area (Å²) < 4.78 is 5.56. The normalized spacial score (nSPS) is 16.2. The number of unbranched alkanes of at least 4 members (excludes halogenated alkanes) is 1. The first-order chi connectivity index (χ1) is 12.6. The molecule has 0 N–H and O–H groups in total. The fraction of sp³-hybridized carbons (Fsp3) is 0.458. The number of hydrogen-bond acceptors (Lipinski definition) is 2. The zero-order chi connectivity index (χ0) is 18.4. The molecule has 0 heterocycles. The third kappa shape index (κ3) is 4.55. The molecule has 2 heteroatoms. The molecule has 1 fully saturated rings. The summed E-state index contributed by atoms with van der Waals surface area (Å²) in [5, 5.41) is 0. The van der Waals surface area contributed by atoms with E-state index in [9.17, 15) is 4.79 Å². The number of carbonyl (C=O) groups excluding carboxylic acids is 1. The Morgan fingerprint density at radius 1 is 0.962 bits per heavy atom. The Hall–Kier alpha value is -2.09. The van der Waals surface area contributed by atoms with Crippen LogP contribution in [0.2, 0.25) is 0 Å². The van der Waals surface area contributed by atoms with Crippen LogP contribution >= 0.6 is 0 Å². The second-order valence-corrected chi connectivity index (χ2v) is 7.84. The van der Waals surface area contributed by atoms with Crippen molar-refractivity contribution in [2.75, 3.05) is 0 Å². The Kier molecular flexibility index (Phi) is 6.13. The first-order valence-corrected chi connectivity index (χ1v) is 10.0. The van der Waals surface area contributed by atoms with Crippen molar-refractivity contribution in [2.24, 2.45) is 0 Å². The van der Waals surface area contributed by atoms with Crippen LogP contribution in [0.25, 0.3) is 0 Å². The van der Waals surface area contributed by atoms with Crippen molar-refractivity contribution in [3.63, 3.8) is 0 Å². The van der Waals surface area contributed by atoms with Crippen molar-refractivity contribution >= 4 is 5.97 Å². The van der Waals surface area contributed by atoms with Crippen molar-refractivity contribution in [1.29, 1.82) is 0 Å². The van der Waals surface area contributed by atoms with Gasteiger partial charge in [0, 0.05) is 0 Å². The summed E-state index contributed by atoms with van der Waals surface area (Å²) in [5.74, 6) is 0.330. The van der Waals surface area contributed by atoms with Crippen molar-refractivity contribution in [2.45, 2.75) is 70.6 Å². The van der Waals surface area contributed by atoms with E-state index >= 15 is 0 Å². The molecule has 2 nitrogen and oxygen atoms in total. The highest BCUT2D eigenvalue weighted by Crippen LogP contribution is 2.39. The van der Waals surface area contributed by atoms with Crippen LogP contribution in [-0.4, -0.2) is 5.97 Å². The van der Waals surface area contributed by atoms with E-state index in [1.165, 1.54) is 56.1 Å². The molecule has 1 aliphatic rings. The third-order valence-corrected chi connectivity index (χ3v) is 5.73. The summed E-state index contributed by atoms with van der Waals surface area (Å²) in [6, 6.07) is 15.9. The maximum absolute atomic E-state index is 12.4. The molecule has 0 spiro atoms. The minimum Gasteiger partial charge on any atom is -0.423 e. The minimum atomic E-state index is -0.288. The summed E-state index contributed by atoms with van der Waals surface area (Å²) >= 11 is 0. The van der Waals surface area contributed by atoms with Crippen LogP contribution in [0.15, 0.2) is 48.5 Å². The van der Waals surface area contributed by atoms with Gasteiger partial charge in [-0.25, -0.2) is 4.79 Å². The molecule has 0 unspecified atom stereocenters. The Bertz CT molecular complexity index is 707. The van der Waals surface area contributed by atoms with E-state index < -0.39 is 0 Å². The topological polar surface area (TPSA) is 26.3 Å². The van der Waals surface area contributed by atoms with Gasteiger partial charge in [0.2, 0.25) is 0 Å². The van der Waals surface area contributed by atoms with E-state index in [0.717, 1.165) is 6.42 Å². The first kappa shape index (κ1) is 18.7. The summed E-state index contributed by atoms with van der Waals surface area (Å²) in [6.45, 7) is 4.54. The van der Waals surface area contributed by atoms with Gasteiger partial charge in [0.15, 0.2) is 0 Å². The Balaban J connectivity index is 1.62. The molecule has 0 amide bonds. The predicted molar refractivity (Wildman–Crippen MR) is 107 cm³/mol. The minimum absolute atomic E-state index is 0.273. The summed E-state index contributed by atoms with van der Waals surface area (Å²) in [6.07, 6.45) is 9.87. The molecule has 2 aromatic rings. The largest absolute Gasteiger partial charge is 0.423 e. The molecule has 0 atom stereocenters. The van der Waals surface area contributed by atoms with Gasteiger partial charge in [-0.3, -0.25) is 0 Å². The van der Waals surface area contributed by atoms with E-state index in [0.29, 0.717) is 11.3 Å². The Labute approximate surface area is 157 Å². The molecule has 0 bridgehead atoms. The van der Waals surface area contributed by atoms with E-state index in [1.54, 1.807) is 0 Å². The van der Waals surface area contributed by atoms with Gasteiger partial charge < -0.3 is 4.74 Å². The van der Waals surface area contributed by atoms with Gasteiger partial charge in [-0.2, -0.15) is 0 Å². The van der Waals surface area contributed by atoms with Gasteiger partial charge in [0.05, 0.1) is 5.56 Å². The second-order valence-electron chi connectivity index (χ2n) is 7.84. The van der Waals surface area contributed by atoms with Crippen molar-refractivity contribution in [3.8, 4) is 5.75 Å². The van der Waals surface area contributed by atoms with Gasteiger partial charge in [-0.05, 0) is 66.5 Å². The lowest BCUT2D eigenvalue weighted by Gasteiger charge is -2.34. The fourth-order valence-electron chi connectivity index (χ4n) is 3.90. The van der Waals surface area contributed by atoms with Gasteiger partial charge in [-0.1, -0.05) is 63.8 Å². The Morgan fingerprint density at radius 3 is 2.23 bits per heavy atom. The lowest BCUT2D eigenvalue weighted by Crippen LogP contribution is -2.24. The molecule has 138 valence electrons. The number of aryl methyl sites for hydroxylation is 1. The molecule has 1 aliphatic carbocycles. The van der Waals surface area contributed by atoms with Crippen LogP contribution in [0.3, 0.4) is 0 Å². The van der Waals surface area contributed by atoms with Crippen LogP contribution in [0.4, 0.5) is 0 Å². The van der Waals surface area contributed by atoms with Crippen LogP contribution in [0, 0.1) is 0 Å². The lowest BCUT2D eigenvalue weighted by molar-refractivity contribution is 0.0734. The lowest BCUT2D eigenvalue weighted by atomic mass is 9.71. The molecule has 0 aliphatic heterocycles. The zero-order valence-corrected chi connectivity index (χ0v) is 16.1. The molecule has 0 aromatic heterocycles. The van der Waals surface area contributed by atoms with E-state index in [-0.39, 0.29) is 11.4 Å². The summed E-state index contributed by atoms with van der Waals surface area (Å²) in [7, 11) is 0.